The molecule has 3 aromatic carbocycles. The van der Waals surface area contributed by atoms with Gasteiger partial charge in [0.1, 0.15) is 11.6 Å². The van der Waals surface area contributed by atoms with Crippen molar-refractivity contribution in [1.29, 1.82) is 0 Å². The molecule has 3 N–H and O–H groups in total. The lowest BCUT2D eigenvalue weighted by molar-refractivity contribution is -0.137. The molecule has 1 amide bonds. The van der Waals surface area contributed by atoms with Gasteiger partial charge in [-0.2, -0.15) is 13.2 Å². The van der Waals surface area contributed by atoms with Crippen LogP contribution in [0.4, 0.5) is 23.2 Å². The van der Waals surface area contributed by atoms with Crippen molar-refractivity contribution < 1.29 is 41.7 Å². The van der Waals surface area contributed by atoms with Crippen LogP contribution in [0, 0.1) is 24.6 Å². The Bertz CT molecular complexity index is 1840. The van der Waals surface area contributed by atoms with E-state index in [1.54, 1.807) is 7.05 Å². The highest BCUT2D eigenvalue weighted by Gasteiger charge is 2.38. The van der Waals surface area contributed by atoms with Gasteiger partial charge >= 0.3 is 6.18 Å². The summed E-state index contributed by atoms with van der Waals surface area (Å²) in [6.07, 6.45) is 1.64. The van der Waals surface area contributed by atoms with E-state index in [1.807, 2.05) is 14.0 Å². The molecule has 9 nitrogen and oxygen atoms in total. The van der Waals surface area contributed by atoms with Crippen molar-refractivity contribution in [2.24, 2.45) is 18.9 Å². The Balaban J connectivity index is 0.000000847. The molecule has 286 valence electrons. The van der Waals surface area contributed by atoms with Crippen molar-refractivity contribution >= 4 is 41.9 Å². The average Bonchev–Trinajstić information content (AvgIpc) is 3.62. The monoisotopic (exact) mass is 758 g/mol. The van der Waals surface area contributed by atoms with Gasteiger partial charge in [0, 0.05) is 19.6 Å². The zero-order valence-corrected chi connectivity index (χ0v) is 30.8. The van der Waals surface area contributed by atoms with Gasteiger partial charge in [-0.3, -0.25) is 14.3 Å². The number of carbonyl (C=O) groups is 2. The number of benzene rings is 3. The quantitative estimate of drug-likeness (QED) is 0.0852. The smallest absolute Gasteiger partial charge is 0.416 e. The SMILES string of the molecule is CNS.Cc1nc2cc(-c3ccc(C4CC(OCC5CC6CCC(C5)O6)CC(C(=O)Nc5ccc(C(F)(F)F)cc5F)C4)cc3)ccc2n1C.O=CO. The van der Waals surface area contributed by atoms with Crippen LogP contribution < -0.4 is 10.0 Å². The van der Waals surface area contributed by atoms with Crippen LogP contribution in [0.2, 0.25) is 0 Å². The first-order valence-electron chi connectivity index (χ1n) is 17.7. The number of carbonyl (C=O) groups excluding carboxylic acids is 1. The number of nitrogens with one attached hydrogen (secondary N) is 2. The average molecular weight is 759 g/mol. The lowest BCUT2D eigenvalue weighted by atomic mass is 9.76. The van der Waals surface area contributed by atoms with Crippen molar-refractivity contribution in [2.45, 2.75) is 82.3 Å². The molecule has 53 heavy (non-hydrogen) atoms. The van der Waals surface area contributed by atoms with Crippen LogP contribution in [0.5, 0.6) is 0 Å². The fourth-order valence-corrected chi connectivity index (χ4v) is 7.74. The number of anilines is 1. The molecular weight excluding hydrogens is 713 g/mol. The predicted molar refractivity (Wildman–Crippen MR) is 198 cm³/mol. The first kappa shape index (κ1) is 40.2. The summed E-state index contributed by atoms with van der Waals surface area (Å²) in [5, 5.41) is 9.46. The summed E-state index contributed by atoms with van der Waals surface area (Å²) in [5.74, 6) is -0.651. The number of fused-ring (bicyclic) bond motifs is 3. The van der Waals surface area contributed by atoms with Crippen molar-refractivity contribution in [1.82, 2.24) is 14.3 Å². The minimum atomic E-state index is -4.67. The highest BCUT2D eigenvalue weighted by atomic mass is 32.1. The van der Waals surface area contributed by atoms with Gasteiger partial charge in [0.05, 0.1) is 40.6 Å². The van der Waals surface area contributed by atoms with Crippen LogP contribution in [0.1, 0.15) is 67.8 Å². The van der Waals surface area contributed by atoms with E-state index in [2.05, 4.69) is 74.9 Å². The van der Waals surface area contributed by atoms with Crippen molar-refractivity contribution in [3.63, 3.8) is 0 Å². The number of ether oxygens (including phenoxy) is 2. The van der Waals surface area contributed by atoms with Gasteiger partial charge in [0.2, 0.25) is 5.91 Å². The molecule has 3 aliphatic rings. The number of rotatable bonds is 7. The van der Waals surface area contributed by atoms with Crippen molar-refractivity contribution in [2.75, 3.05) is 19.0 Å². The van der Waals surface area contributed by atoms with Gasteiger partial charge in [-0.15, -0.1) is 0 Å². The number of aromatic nitrogens is 2. The number of nitrogens with zero attached hydrogens (tertiary/aromatic N) is 2. The van der Waals surface area contributed by atoms with Gasteiger partial charge in [-0.1, -0.05) is 43.1 Å². The molecule has 5 unspecified atom stereocenters. The lowest BCUT2D eigenvalue weighted by Crippen LogP contribution is -2.36. The Labute approximate surface area is 312 Å². The summed E-state index contributed by atoms with van der Waals surface area (Å²) in [4.78, 5) is 26.5. The highest BCUT2D eigenvalue weighted by molar-refractivity contribution is 7.78. The number of aryl methyl sites for hydroxylation is 2. The minimum absolute atomic E-state index is 0.0165. The molecule has 7 rings (SSSR count). The number of halogens is 4. The molecular formula is C39H46F4N4O5S. The number of amides is 1. The van der Waals surface area contributed by atoms with Crippen LogP contribution in [0.3, 0.4) is 0 Å². The minimum Gasteiger partial charge on any atom is -0.483 e. The first-order valence-corrected chi connectivity index (χ1v) is 18.1. The lowest BCUT2D eigenvalue weighted by Gasteiger charge is -2.36. The Morgan fingerprint density at radius 2 is 1.66 bits per heavy atom. The maximum absolute atomic E-state index is 14.7. The summed E-state index contributed by atoms with van der Waals surface area (Å²) in [6.45, 7) is 2.33. The largest absolute Gasteiger partial charge is 0.483 e. The van der Waals surface area contributed by atoms with E-state index in [-0.39, 0.29) is 24.2 Å². The molecule has 0 spiro atoms. The molecule has 3 fully saturated rings. The van der Waals surface area contributed by atoms with E-state index in [1.165, 1.54) is 0 Å². The molecule has 14 heteroatoms. The van der Waals surface area contributed by atoms with Crippen LogP contribution in [-0.4, -0.2) is 59.0 Å². The number of thiol groups is 1. The Morgan fingerprint density at radius 1 is 1.02 bits per heavy atom. The van der Waals surface area contributed by atoms with Gasteiger partial charge in [-0.05, 0) is 118 Å². The number of alkyl halides is 3. The van der Waals surface area contributed by atoms with E-state index < -0.39 is 29.4 Å². The van der Waals surface area contributed by atoms with Gasteiger partial charge in [0.25, 0.3) is 6.47 Å². The normalized spacial score (nSPS) is 23.7. The Morgan fingerprint density at radius 3 is 2.28 bits per heavy atom. The fourth-order valence-electron chi connectivity index (χ4n) is 7.74. The maximum Gasteiger partial charge on any atom is 0.416 e. The second-order valence-electron chi connectivity index (χ2n) is 13.9. The molecule has 1 saturated carbocycles. The molecule has 5 atom stereocenters. The van der Waals surface area contributed by atoms with Gasteiger partial charge < -0.3 is 24.5 Å². The standard InChI is InChI=1S/C37H39F4N3O3.CH5NS.CH2O2/c1-21-42-34-18-25(7-12-35(34)44(21)2)23-3-5-24(6-4-23)26-15-27(36(45)43-33-11-8-28(19-32(33)38)37(39,40)41)17-31(16-26)46-20-22-13-29-9-10-30(14-22)47-29;1-2-3;2-1-3/h3-8,11-12,18-19,22,26-27,29-31H,9-10,13-17,20H2,1-2H3,(H,43,45);2-3H,1H3;1H,(H,2,3). The topological polar surface area (TPSA) is 115 Å². The number of hydrogen-bond acceptors (Lipinski definition) is 7. The molecule has 2 bridgehead atoms. The van der Waals surface area contributed by atoms with Crippen LogP contribution in [0.25, 0.3) is 22.2 Å². The number of imidazole rings is 1. The second-order valence-corrected chi connectivity index (χ2v) is 14.4. The van der Waals surface area contributed by atoms with E-state index in [9.17, 15) is 22.4 Å². The Kier molecular flexibility index (Phi) is 13.6. The van der Waals surface area contributed by atoms with Crippen LogP contribution >= 0.6 is 12.8 Å². The third kappa shape index (κ3) is 10.2. The number of carboxylic acid groups (broad SMARTS) is 1. The fraction of sp³-hybridized carbons (Fsp3) is 0.462. The summed E-state index contributed by atoms with van der Waals surface area (Å²) >= 11 is 3.54. The number of hydrogen-bond donors (Lipinski definition) is 4. The molecule has 1 aliphatic carbocycles. The van der Waals surface area contributed by atoms with Crippen LogP contribution in [0.15, 0.2) is 60.7 Å². The first-order chi connectivity index (χ1) is 25.3. The molecule has 1 aromatic heterocycles. The predicted octanol–water partition coefficient (Wildman–Crippen LogP) is 8.32. The summed E-state index contributed by atoms with van der Waals surface area (Å²) < 4.78 is 70.9. The van der Waals surface area contributed by atoms with E-state index >= 15 is 0 Å². The van der Waals surface area contributed by atoms with E-state index in [4.69, 9.17) is 19.4 Å². The third-order valence-corrected chi connectivity index (χ3v) is 10.4. The van der Waals surface area contributed by atoms with Crippen LogP contribution in [-0.2, 0) is 32.3 Å². The molecule has 3 heterocycles. The van der Waals surface area contributed by atoms with Crippen molar-refractivity contribution in [3.05, 3.63) is 83.4 Å². The second kappa shape index (κ2) is 17.9. The zero-order chi connectivity index (χ0) is 38.3. The summed E-state index contributed by atoms with van der Waals surface area (Å²) in [6, 6.07) is 16.8. The van der Waals surface area contributed by atoms with E-state index in [0.717, 1.165) is 77.8 Å². The van der Waals surface area contributed by atoms with Gasteiger partial charge in [0.15, 0.2) is 0 Å². The van der Waals surface area contributed by atoms with Crippen molar-refractivity contribution in [3.8, 4) is 11.1 Å². The maximum atomic E-state index is 14.7. The molecule has 0 radical (unpaired) electrons. The molecule has 2 saturated heterocycles. The zero-order valence-electron chi connectivity index (χ0n) is 29.9. The Hall–Kier alpha value is -3.98. The summed E-state index contributed by atoms with van der Waals surface area (Å²) in [7, 11) is 3.74. The molecule has 2 aliphatic heterocycles. The third-order valence-electron chi connectivity index (χ3n) is 10.4. The van der Waals surface area contributed by atoms with Gasteiger partial charge in [-0.25, -0.2) is 9.37 Å². The highest BCUT2D eigenvalue weighted by Crippen LogP contribution is 2.41. The molecule has 4 aromatic rings. The van der Waals surface area contributed by atoms with E-state index in [0.29, 0.717) is 43.6 Å². The summed E-state index contributed by atoms with van der Waals surface area (Å²) in [5.41, 5.74) is 3.86.